The summed E-state index contributed by atoms with van der Waals surface area (Å²) >= 11 is 0. The highest BCUT2D eigenvalue weighted by Gasteiger charge is 2.46. The van der Waals surface area contributed by atoms with Gasteiger partial charge in [-0.3, -0.25) is 39.6 Å². The molecule has 2 N–H and O–H groups in total. The fourth-order valence-electron chi connectivity index (χ4n) is 6.16. The van der Waals surface area contributed by atoms with Crippen LogP contribution in [0.5, 0.6) is 0 Å². The molecular weight excluding hydrogens is 552 g/mol. The van der Waals surface area contributed by atoms with Gasteiger partial charge in [0.15, 0.2) is 0 Å². The predicted molar refractivity (Wildman–Crippen MR) is 159 cm³/mol. The van der Waals surface area contributed by atoms with Crippen molar-refractivity contribution in [1.82, 2.24) is 15.1 Å². The molecule has 3 fully saturated rings. The molecule has 0 radical (unpaired) electrons. The van der Waals surface area contributed by atoms with Gasteiger partial charge in [-0.2, -0.15) is 0 Å². The number of benzene rings is 2. The normalized spacial score (nSPS) is 21.5. The summed E-state index contributed by atoms with van der Waals surface area (Å²) in [5.41, 5.74) is 2.56. The van der Waals surface area contributed by atoms with E-state index in [0.29, 0.717) is 41.6 Å². The van der Waals surface area contributed by atoms with Crippen LogP contribution in [0.3, 0.4) is 0 Å². The molecule has 1 unspecified atom stereocenters. The maximum absolute atomic E-state index is 13.5. The van der Waals surface area contributed by atoms with Gasteiger partial charge in [0.1, 0.15) is 11.6 Å². The molecule has 226 valence electrons. The third-order valence-corrected chi connectivity index (χ3v) is 8.36. The van der Waals surface area contributed by atoms with Gasteiger partial charge in [-0.05, 0) is 63.6 Å². The summed E-state index contributed by atoms with van der Waals surface area (Å²) in [5, 5.41) is 5.00. The van der Waals surface area contributed by atoms with Crippen molar-refractivity contribution < 1.29 is 28.7 Å². The monoisotopic (exact) mass is 588 g/mol. The van der Waals surface area contributed by atoms with Crippen molar-refractivity contribution in [2.24, 2.45) is 0 Å². The first-order valence-electron chi connectivity index (χ1n) is 14.7. The smallest absolute Gasteiger partial charge is 0.412 e. The Kier molecular flexibility index (Phi) is 7.33. The highest BCUT2D eigenvalue weighted by Crippen LogP contribution is 2.35. The molecule has 5 amide bonds. The minimum atomic E-state index is -0.978. The van der Waals surface area contributed by atoms with Crippen LogP contribution in [0, 0.1) is 0 Å². The molecule has 12 nitrogen and oxygen atoms in total. The minimum Gasteiger partial charge on any atom is -0.444 e. The van der Waals surface area contributed by atoms with Gasteiger partial charge in [-0.15, -0.1) is 0 Å². The van der Waals surface area contributed by atoms with Crippen LogP contribution >= 0.6 is 0 Å². The van der Waals surface area contributed by atoms with Crippen LogP contribution in [0.2, 0.25) is 0 Å². The van der Waals surface area contributed by atoms with E-state index < -0.39 is 41.4 Å². The van der Waals surface area contributed by atoms with Crippen molar-refractivity contribution in [3.8, 4) is 0 Å². The van der Waals surface area contributed by atoms with Crippen LogP contribution in [0.15, 0.2) is 42.5 Å². The zero-order valence-electron chi connectivity index (χ0n) is 24.6. The highest BCUT2D eigenvalue weighted by molar-refractivity contribution is 6.25. The fraction of sp³-hybridized carbons (Fsp3) is 0.452. The van der Waals surface area contributed by atoms with Crippen molar-refractivity contribution in [2.45, 2.75) is 51.3 Å². The second-order valence-corrected chi connectivity index (χ2v) is 12.4. The molecule has 4 heterocycles. The van der Waals surface area contributed by atoms with Gasteiger partial charge in [0.2, 0.25) is 11.8 Å². The second-order valence-electron chi connectivity index (χ2n) is 12.4. The van der Waals surface area contributed by atoms with E-state index in [-0.39, 0.29) is 12.8 Å². The molecule has 2 aromatic carbocycles. The Hall–Kier alpha value is -4.45. The number of fused-ring (bicyclic) bond motifs is 1. The van der Waals surface area contributed by atoms with Gasteiger partial charge in [0.25, 0.3) is 11.8 Å². The number of piperidine rings is 1. The van der Waals surface area contributed by atoms with Gasteiger partial charge in [-0.1, -0.05) is 6.07 Å². The predicted octanol–water partition coefficient (Wildman–Crippen LogP) is 2.45. The van der Waals surface area contributed by atoms with Crippen molar-refractivity contribution in [1.29, 1.82) is 0 Å². The van der Waals surface area contributed by atoms with Crippen molar-refractivity contribution >= 4 is 46.8 Å². The Bertz CT molecular complexity index is 1470. The number of rotatable bonds is 5. The maximum atomic E-state index is 13.5. The molecule has 4 aliphatic heterocycles. The fourth-order valence-corrected chi connectivity index (χ4v) is 6.16. The van der Waals surface area contributed by atoms with Crippen molar-refractivity contribution in [3.05, 3.63) is 53.6 Å². The summed E-state index contributed by atoms with van der Waals surface area (Å²) in [6.45, 7) is 10.3. The third-order valence-electron chi connectivity index (χ3n) is 8.36. The molecule has 0 saturated carbocycles. The van der Waals surface area contributed by atoms with E-state index in [0.717, 1.165) is 36.8 Å². The van der Waals surface area contributed by atoms with E-state index in [1.165, 1.54) is 0 Å². The summed E-state index contributed by atoms with van der Waals surface area (Å²) in [6, 6.07) is 12.4. The number of nitrogens with one attached hydrogen (secondary N) is 2. The largest absolute Gasteiger partial charge is 0.444 e. The number of anilines is 3. The SMILES string of the molecule is CC(C)(C)OC(=O)Nc1ccc(N2CC(N3CCN(c4cccc5c4C(=O)N(C4CCC(=O)NC4=O)C5=O)CC3)C2)cc1. The summed E-state index contributed by atoms with van der Waals surface area (Å²) < 4.78 is 5.31. The molecule has 1 atom stereocenters. The molecule has 0 aromatic heterocycles. The topological polar surface area (TPSA) is 132 Å². The van der Waals surface area contributed by atoms with E-state index in [1.54, 1.807) is 12.1 Å². The van der Waals surface area contributed by atoms with Crippen LogP contribution in [0.4, 0.5) is 21.9 Å². The summed E-state index contributed by atoms with van der Waals surface area (Å²) in [6.07, 6.45) is -0.254. The zero-order valence-corrected chi connectivity index (χ0v) is 24.6. The molecule has 0 bridgehead atoms. The van der Waals surface area contributed by atoms with Gasteiger partial charge in [0, 0.05) is 63.1 Å². The second kappa shape index (κ2) is 11.0. The number of ether oxygens (including phenoxy) is 1. The van der Waals surface area contributed by atoms with Gasteiger partial charge >= 0.3 is 6.09 Å². The summed E-state index contributed by atoms with van der Waals surface area (Å²) in [4.78, 5) is 70.7. The van der Waals surface area contributed by atoms with E-state index in [2.05, 4.69) is 25.3 Å². The number of carbonyl (C=O) groups is 5. The van der Waals surface area contributed by atoms with Crippen LogP contribution in [0.25, 0.3) is 0 Å². The van der Waals surface area contributed by atoms with E-state index in [1.807, 2.05) is 51.1 Å². The number of carbonyl (C=O) groups excluding carboxylic acids is 5. The van der Waals surface area contributed by atoms with E-state index in [4.69, 9.17) is 4.74 Å². The van der Waals surface area contributed by atoms with Crippen LogP contribution < -0.4 is 20.4 Å². The third kappa shape index (κ3) is 5.66. The number of amides is 5. The molecule has 12 heteroatoms. The number of nitrogens with zero attached hydrogens (tertiary/aromatic N) is 4. The number of hydrogen-bond donors (Lipinski definition) is 2. The van der Waals surface area contributed by atoms with E-state index >= 15 is 0 Å². The molecule has 2 aromatic rings. The summed E-state index contributed by atoms with van der Waals surface area (Å²) in [7, 11) is 0. The van der Waals surface area contributed by atoms with Gasteiger partial charge < -0.3 is 14.5 Å². The standard InChI is InChI=1S/C31H36N6O6/c1-31(2,3)43-30(42)32-19-7-9-20(10-8-19)36-17-21(18-36)34-13-15-35(16-14-34)23-6-4-5-22-26(23)29(41)37(28(22)40)24-11-12-25(38)33-27(24)39/h4-10,21,24H,11-18H2,1-3H3,(H,32,42)(H,33,38,39). The lowest BCUT2D eigenvalue weighted by Gasteiger charge is -2.49. The van der Waals surface area contributed by atoms with Gasteiger partial charge in [0.05, 0.1) is 16.8 Å². The average Bonchev–Trinajstić information content (AvgIpc) is 3.18. The highest BCUT2D eigenvalue weighted by atomic mass is 16.6. The van der Waals surface area contributed by atoms with Crippen molar-refractivity contribution in [3.63, 3.8) is 0 Å². The Balaban J connectivity index is 1.03. The Morgan fingerprint density at radius 2 is 1.60 bits per heavy atom. The number of hydrogen-bond acceptors (Lipinski definition) is 9. The van der Waals surface area contributed by atoms with Crippen LogP contribution in [-0.2, 0) is 14.3 Å². The molecule has 3 saturated heterocycles. The number of piperazine rings is 1. The quantitative estimate of drug-likeness (QED) is 0.506. The zero-order chi connectivity index (χ0) is 30.5. The Morgan fingerprint density at radius 1 is 0.907 bits per heavy atom. The molecule has 0 spiro atoms. The first-order chi connectivity index (χ1) is 20.5. The molecule has 43 heavy (non-hydrogen) atoms. The number of imide groups is 2. The summed E-state index contributed by atoms with van der Waals surface area (Å²) in [5.74, 6) is -1.96. The molecular formula is C31H36N6O6. The maximum Gasteiger partial charge on any atom is 0.412 e. The van der Waals surface area contributed by atoms with E-state index in [9.17, 15) is 24.0 Å². The van der Waals surface area contributed by atoms with Crippen molar-refractivity contribution in [2.75, 3.05) is 54.4 Å². The first kappa shape index (κ1) is 28.7. The molecule has 4 aliphatic rings. The van der Waals surface area contributed by atoms with Crippen LogP contribution in [-0.4, -0.2) is 96.5 Å². The average molecular weight is 589 g/mol. The minimum absolute atomic E-state index is 0.0911. The lowest BCUT2D eigenvalue weighted by Crippen LogP contribution is -2.63. The molecule has 0 aliphatic carbocycles. The first-order valence-corrected chi connectivity index (χ1v) is 14.7. The lowest BCUT2D eigenvalue weighted by molar-refractivity contribution is -0.136. The lowest BCUT2D eigenvalue weighted by atomic mass is 10.0. The Morgan fingerprint density at radius 3 is 2.26 bits per heavy atom. The molecule has 6 rings (SSSR count). The Labute approximate surface area is 249 Å². The van der Waals surface area contributed by atoms with Gasteiger partial charge in [-0.25, -0.2) is 4.79 Å². The van der Waals surface area contributed by atoms with Crippen LogP contribution in [0.1, 0.15) is 54.3 Å².